The third-order valence-electron chi connectivity index (χ3n) is 2.92. The fourth-order valence-corrected chi connectivity index (χ4v) is 2.35. The number of carbonyl (C=O) groups excluding carboxylic acids is 1. The molecule has 0 radical (unpaired) electrons. The highest BCUT2D eigenvalue weighted by atomic mass is 35.5. The Morgan fingerprint density at radius 1 is 0.727 bits per heavy atom. The second kappa shape index (κ2) is 6.17. The molecule has 0 atom stereocenters. The van der Waals surface area contributed by atoms with E-state index >= 15 is 0 Å². The molecule has 2 rings (SSSR count). The molecule has 2 aromatic rings. The number of ketones is 1. The highest BCUT2D eigenvalue weighted by Gasteiger charge is 2.16. The maximum Gasteiger partial charge on any atom is 0.337 e. The fourth-order valence-electron chi connectivity index (χ4n) is 1.83. The molecule has 7 heteroatoms. The highest BCUT2D eigenvalue weighted by Crippen LogP contribution is 2.23. The average molecular weight is 339 g/mol. The standard InChI is InChI=1S/C15H8Cl2O5/c16-11-5-7(1-3-9(11)14(19)20)13(18)8-2-4-10(15(21)22)12(17)6-8/h1-6H,(H,19,20)(H,21,22). The van der Waals surface area contributed by atoms with Crippen molar-refractivity contribution < 1.29 is 24.6 Å². The summed E-state index contributed by atoms with van der Waals surface area (Å²) in [7, 11) is 0. The van der Waals surface area contributed by atoms with E-state index in [4.69, 9.17) is 33.4 Å². The summed E-state index contributed by atoms with van der Waals surface area (Å²) in [5, 5.41) is 17.7. The Balaban J connectivity index is 2.40. The third-order valence-corrected chi connectivity index (χ3v) is 3.55. The molecule has 0 spiro atoms. The smallest absolute Gasteiger partial charge is 0.337 e. The van der Waals surface area contributed by atoms with Gasteiger partial charge in [0.1, 0.15) is 0 Å². The molecule has 0 aliphatic rings. The first-order valence-corrected chi connectivity index (χ1v) is 6.67. The normalized spacial score (nSPS) is 10.3. The largest absolute Gasteiger partial charge is 0.478 e. The van der Waals surface area contributed by atoms with Gasteiger partial charge in [0.15, 0.2) is 5.78 Å². The molecule has 0 heterocycles. The van der Waals surface area contributed by atoms with Crippen LogP contribution in [0.15, 0.2) is 36.4 Å². The zero-order valence-electron chi connectivity index (χ0n) is 10.8. The zero-order chi connectivity index (χ0) is 16.4. The van der Waals surface area contributed by atoms with Crippen LogP contribution in [0.5, 0.6) is 0 Å². The Bertz CT molecular complexity index is 733. The van der Waals surface area contributed by atoms with Gasteiger partial charge >= 0.3 is 11.9 Å². The van der Waals surface area contributed by atoms with Crippen molar-refractivity contribution in [3.63, 3.8) is 0 Å². The van der Waals surface area contributed by atoms with E-state index < -0.39 is 17.7 Å². The predicted molar refractivity (Wildman–Crippen MR) is 80.3 cm³/mol. The van der Waals surface area contributed by atoms with Gasteiger partial charge in [0.2, 0.25) is 0 Å². The van der Waals surface area contributed by atoms with Crippen molar-refractivity contribution in [2.45, 2.75) is 0 Å². The minimum atomic E-state index is -1.20. The van der Waals surface area contributed by atoms with E-state index in [1.165, 1.54) is 36.4 Å². The van der Waals surface area contributed by atoms with Crippen molar-refractivity contribution in [3.8, 4) is 0 Å². The predicted octanol–water partition coefficient (Wildman–Crippen LogP) is 3.62. The van der Waals surface area contributed by atoms with Crippen LogP contribution in [0.2, 0.25) is 10.0 Å². The van der Waals surface area contributed by atoms with E-state index in [9.17, 15) is 14.4 Å². The molecule has 5 nitrogen and oxygen atoms in total. The number of rotatable bonds is 4. The van der Waals surface area contributed by atoms with Gasteiger partial charge in [-0.15, -0.1) is 0 Å². The second-order valence-corrected chi connectivity index (χ2v) is 5.14. The Kier molecular flexibility index (Phi) is 4.49. The Morgan fingerprint density at radius 3 is 1.36 bits per heavy atom. The SMILES string of the molecule is O=C(c1ccc(C(=O)O)c(Cl)c1)c1ccc(C(=O)O)c(Cl)c1. The average Bonchev–Trinajstić information content (AvgIpc) is 2.45. The van der Waals surface area contributed by atoms with Crippen molar-refractivity contribution in [2.24, 2.45) is 0 Å². The first kappa shape index (κ1) is 16.0. The molecule has 0 aliphatic carbocycles. The molecule has 0 unspecified atom stereocenters. The van der Waals surface area contributed by atoms with Gasteiger partial charge in [-0.3, -0.25) is 4.79 Å². The van der Waals surface area contributed by atoms with Crippen LogP contribution in [0.1, 0.15) is 36.6 Å². The molecule has 0 saturated carbocycles. The van der Waals surface area contributed by atoms with Gasteiger partial charge in [-0.1, -0.05) is 35.3 Å². The number of hydrogen-bond acceptors (Lipinski definition) is 3. The monoisotopic (exact) mass is 338 g/mol. The lowest BCUT2D eigenvalue weighted by atomic mass is 10.0. The summed E-state index contributed by atoms with van der Waals surface area (Å²) in [5.74, 6) is -2.84. The van der Waals surface area contributed by atoms with Gasteiger partial charge in [0, 0.05) is 11.1 Å². The van der Waals surface area contributed by atoms with Crippen LogP contribution in [0.25, 0.3) is 0 Å². The third kappa shape index (κ3) is 3.10. The molecule has 2 N–H and O–H groups in total. The van der Waals surface area contributed by atoms with Crippen LogP contribution in [0, 0.1) is 0 Å². The van der Waals surface area contributed by atoms with Crippen molar-refractivity contribution in [1.29, 1.82) is 0 Å². The van der Waals surface area contributed by atoms with Gasteiger partial charge in [-0.2, -0.15) is 0 Å². The first-order chi connectivity index (χ1) is 10.3. The number of aromatic carboxylic acids is 2. The maximum absolute atomic E-state index is 12.3. The topological polar surface area (TPSA) is 91.7 Å². The van der Waals surface area contributed by atoms with Crippen LogP contribution >= 0.6 is 23.2 Å². The molecule has 0 fully saturated rings. The summed E-state index contributed by atoms with van der Waals surface area (Å²) < 4.78 is 0. The number of hydrogen-bond donors (Lipinski definition) is 2. The highest BCUT2D eigenvalue weighted by molar-refractivity contribution is 6.35. The molecule has 22 heavy (non-hydrogen) atoms. The number of carboxylic acid groups (broad SMARTS) is 2. The lowest BCUT2D eigenvalue weighted by Crippen LogP contribution is -2.05. The van der Waals surface area contributed by atoms with Crippen LogP contribution in [0.3, 0.4) is 0 Å². The van der Waals surface area contributed by atoms with E-state index in [2.05, 4.69) is 0 Å². The Labute approximate surface area is 134 Å². The molecule has 0 saturated heterocycles. The zero-order valence-corrected chi connectivity index (χ0v) is 12.4. The van der Waals surface area contributed by atoms with Crippen molar-refractivity contribution in [3.05, 3.63) is 68.7 Å². The Morgan fingerprint density at radius 2 is 1.09 bits per heavy atom. The minimum absolute atomic E-state index is 0.0633. The first-order valence-electron chi connectivity index (χ1n) is 5.91. The fraction of sp³-hybridized carbons (Fsp3) is 0. The van der Waals surface area contributed by atoms with Crippen LogP contribution in [0.4, 0.5) is 0 Å². The molecular weight excluding hydrogens is 331 g/mol. The van der Waals surface area contributed by atoms with E-state index in [1.54, 1.807) is 0 Å². The minimum Gasteiger partial charge on any atom is -0.478 e. The Hall–Kier alpha value is -2.37. The number of carboxylic acids is 2. The van der Waals surface area contributed by atoms with Gasteiger partial charge < -0.3 is 10.2 Å². The number of benzene rings is 2. The van der Waals surface area contributed by atoms with Crippen LogP contribution in [-0.4, -0.2) is 27.9 Å². The lowest BCUT2D eigenvalue weighted by Gasteiger charge is -2.06. The molecule has 0 bridgehead atoms. The summed E-state index contributed by atoms with van der Waals surface area (Å²) >= 11 is 11.6. The van der Waals surface area contributed by atoms with Gasteiger partial charge in [0.05, 0.1) is 21.2 Å². The maximum atomic E-state index is 12.3. The number of halogens is 2. The molecule has 112 valence electrons. The van der Waals surface area contributed by atoms with Crippen molar-refractivity contribution in [2.75, 3.05) is 0 Å². The molecule has 0 aromatic heterocycles. The van der Waals surface area contributed by atoms with E-state index in [0.717, 1.165) is 0 Å². The van der Waals surface area contributed by atoms with Crippen LogP contribution < -0.4 is 0 Å². The molecule has 0 aliphatic heterocycles. The van der Waals surface area contributed by atoms with E-state index in [0.29, 0.717) is 0 Å². The lowest BCUT2D eigenvalue weighted by molar-refractivity contribution is 0.0686. The van der Waals surface area contributed by atoms with E-state index in [-0.39, 0.29) is 32.3 Å². The summed E-state index contributed by atoms with van der Waals surface area (Å²) in [5.41, 5.74) is 0.123. The van der Waals surface area contributed by atoms with Crippen molar-refractivity contribution in [1.82, 2.24) is 0 Å². The second-order valence-electron chi connectivity index (χ2n) is 4.33. The molecular formula is C15H8Cl2O5. The van der Waals surface area contributed by atoms with Crippen molar-refractivity contribution >= 4 is 40.9 Å². The summed E-state index contributed by atoms with van der Waals surface area (Å²) in [6.45, 7) is 0. The van der Waals surface area contributed by atoms with Gasteiger partial charge in [-0.05, 0) is 24.3 Å². The number of carbonyl (C=O) groups is 3. The summed E-state index contributed by atoms with van der Waals surface area (Å²) in [4.78, 5) is 34.1. The van der Waals surface area contributed by atoms with Gasteiger partial charge in [-0.25, -0.2) is 9.59 Å². The van der Waals surface area contributed by atoms with Gasteiger partial charge in [0.25, 0.3) is 0 Å². The summed E-state index contributed by atoms with van der Waals surface area (Å²) in [6, 6.07) is 7.60. The summed E-state index contributed by atoms with van der Waals surface area (Å²) in [6.07, 6.45) is 0. The molecule has 2 aromatic carbocycles. The quantitative estimate of drug-likeness (QED) is 0.830. The van der Waals surface area contributed by atoms with Crippen LogP contribution in [-0.2, 0) is 0 Å². The van der Waals surface area contributed by atoms with E-state index in [1.807, 2.05) is 0 Å². The molecule has 0 amide bonds.